The first-order chi connectivity index (χ1) is 7.47. The molecule has 0 fully saturated rings. The lowest BCUT2D eigenvalue weighted by Gasteiger charge is -2.09. The lowest BCUT2D eigenvalue weighted by atomic mass is 10.2. The van der Waals surface area contributed by atoms with E-state index in [0.717, 1.165) is 30.7 Å². The van der Waals surface area contributed by atoms with Crippen molar-refractivity contribution in [1.29, 1.82) is 0 Å². The number of alkyl halides is 3. The van der Waals surface area contributed by atoms with Crippen molar-refractivity contribution in [2.45, 2.75) is 37.5 Å². The number of unbranched alkanes of at least 4 members (excludes halogenated alkanes) is 1. The van der Waals surface area contributed by atoms with Gasteiger partial charge in [-0.2, -0.15) is 13.2 Å². The predicted octanol–water partition coefficient (Wildman–Crippen LogP) is 3.56. The van der Waals surface area contributed by atoms with Gasteiger partial charge in [0.1, 0.15) is 5.69 Å². The molecule has 0 atom stereocenters. The first-order valence-electron chi connectivity index (χ1n) is 4.96. The van der Waals surface area contributed by atoms with Crippen molar-refractivity contribution in [3.63, 3.8) is 0 Å². The number of halogens is 3. The van der Waals surface area contributed by atoms with E-state index < -0.39 is 11.9 Å². The molecule has 0 bridgehead atoms. The van der Waals surface area contributed by atoms with Gasteiger partial charge in [-0.25, -0.2) is 9.97 Å². The maximum atomic E-state index is 12.5. The number of aromatic nitrogens is 2. The molecule has 0 aliphatic heterocycles. The second kappa shape index (κ2) is 5.52. The van der Waals surface area contributed by atoms with Crippen molar-refractivity contribution in [2.24, 2.45) is 0 Å². The lowest BCUT2D eigenvalue weighted by Crippen LogP contribution is -2.11. The van der Waals surface area contributed by atoms with Crippen LogP contribution >= 0.6 is 11.8 Å². The van der Waals surface area contributed by atoms with E-state index in [1.54, 1.807) is 6.26 Å². The van der Waals surface area contributed by atoms with E-state index in [2.05, 4.69) is 9.97 Å². The van der Waals surface area contributed by atoms with Crippen molar-refractivity contribution in [3.8, 4) is 0 Å². The van der Waals surface area contributed by atoms with E-state index in [0.29, 0.717) is 12.1 Å². The quantitative estimate of drug-likeness (QED) is 0.603. The molecular formula is C10H13F3N2S. The second-order valence-corrected chi connectivity index (χ2v) is 4.11. The Labute approximate surface area is 96.7 Å². The molecule has 0 aromatic carbocycles. The Morgan fingerprint density at radius 2 is 2.00 bits per heavy atom. The zero-order valence-electron chi connectivity index (χ0n) is 9.14. The first kappa shape index (κ1) is 13.3. The average molecular weight is 250 g/mol. The van der Waals surface area contributed by atoms with Crippen LogP contribution in [0.15, 0.2) is 11.2 Å². The van der Waals surface area contributed by atoms with Crippen LogP contribution < -0.4 is 0 Å². The molecule has 0 unspecified atom stereocenters. The van der Waals surface area contributed by atoms with E-state index in [-0.39, 0.29) is 5.16 Å². The summed E-state index contributed by atoms with van der Waals surface area (Å²) in [5.41, 5.74) is -0.383. The van der Waals surface area contributed by atoms with E-state index in [1.165, 1.54) is 0 Å². The summed E-state index contributed by atoms with van der Waals surface area (Å²) in [5.74, 6) is 0. The Hall–Kier alpha value is -0.780. The molecule has 2 nitrogen and oxygen atoms in total. The number of hydrogen-bond acceptors (Lipinski definition) is 3. The summed E-state index contributed by atoms with van der Waals surface area (Å²) in [6.45, 7) is 1.99. The van der Waals surface area contributed by atoms with Crippen LogP contribution in [0, 0.1) is 0 Å². The van der Waals surface area contributed by atoms with Crippen molar-refractivity contribution < 1.29 is 13.2 Å². The van der Waals surface area contributed by atoms with Crippen LogP contribution in [0.5, 0.6) is 0 Å². The highest BCUT2D eigenvalue weighted by Crippen LogP contribution is 2.29. The smallest absolute Gasteiger partial charge is 0.228 e. The SMILES string of the molecule is CCCCc1cc(C(F)(F)F)nc(SC)n1. The van der Waals surface area contributed by atoms with Gasteiger partial charge >= 0.3 is 6.18 Å². The number of nitrogens with zero attached hydrogens (tertiary/aromatic N) is 2. The Morgan fingerprint density at radius 1 is 1.31 bits per heavy atom. The summed E-state index contributed by atoms with van der Waals surface area (Å²) >= 11 is 1.12. The Bertz CT molecular complexity index is 352. The van der Waals surface area contributed by atoms with E-state index in [9.17, 15) is 13.2 Å². The van der Waals surface area contributed by atoms with Crippen LogP contribution in [0.4, 0.5) is 13.2 Å². The summed E-state index contributed by atoms with van der Waals surface area (Å²) in [6.07, 6.45) is -0.398. The van der Waals surface area contributed by atoms with E-state index in [4.69, 9.17) is 0 Å². The second-order valence-electron chi connectivity index (χ2n) is 3.33. The number of hydrogen-bond donors (Lipinski definition) is 0. The molecule has 0 aliphatic rings. The molecule has 16 heavy (non-hydrogen) atoms. The maximum absolute atomic E-state index is 12.5. The lowest BCUT2D eigenvalue weighted by molar-refractivity contribution is -0.141. The van der Waals surface area contributed by atoms with Crippen molar-refractivity contribution in [2.75, 3.05) is 6.26 Å². The fourth-order valence-corrected chi connectivity index (χ4v) is 1.59. The monoisotopic (exact) mass is 250 g/mol. The molecule has 0 saturated heterocycles. The molecule has 0 amide bonds. The van der Waals surface area contributed by atoms with E-state index in [1.807, 2.05) is 6.92 Å². The molecule has 0 saturated carbocycles. The third-order valence-corrected chi connectivity index (χ3v) is 2.57. The summed E-state index contributed by atoms with van der Waals surface area (Å²) in [7, 11) is 0. The molecule has 6 heteroatoms. The van der Waals surface area contributed by atoms with Gasteiger partial charge in [0.25, 0.3) is 0 Å². The van der Waals surface area contributed by atoms with Crippen molar-refractivity contribution >= 4 is 11.8 Å². The number of aryl methyl sites for hydroxylation is 1. The van der Waals surface area contributed by atoms with Gasteiger partial charge in [-0.3, -0.25) is 0 Å². The van der Waals surface area contributed by atoms with Gasteiger partial charge < -0.3 is 0 Å². The fourth-order valence-electron chi connectivity index (χ4n) is 1.20. The largest absolute Gasteiger partial charge is 0.433 e. The Balaban J connectivity index is 3.01. The minimum absolute atomic E-state index is 0.181. The van der Waals surface area contributed by atoms with Gasteiger partial charge in [0.15, 0.2) is 5.16 Å². The number of thioether (sulfide) groups is 1. The standard InChI is InChI=1S/C10H13F3N2S/c1-3-4-5-7-6-8(10(11,12)13)15-9(14-7)16-2/h6H,3-5H2,1-2H3. The zero-order valence-corrected chi connectivity index (χ0v) is 9.95. The zero-order chi connectivity index (χ0) is 12.2. The van der Waals surface area contributed by atoms with Crippen LogP contribution in [0.2, 0.25) is 0 Å². The molecule has 0 N–H and O–H groups in total. The molecule has 1 rings (SSSR count). The molecule has 0 spiro atoms. The van der Waals surface area contributed by atoms with Crippen LogP contribution in [0.1, 0.15) is 31.2 Å². The average Bonchev–Trinajstić information content (AvgIpc) is 2.24. The predicted molar refractivity (Wildman–Crippen MR) is 57.4 cm³/mol. The third-order valence-electron chi connectivity index (χ3n) is 2.02. The van der Waals surface area contributed by atoms with Gasteiger partial charge in [-0.15, -0.1) is 0 Å². The van der Waals surface area contributed by atoms with Crippen LogP contribution in [0.3, 0.4) is 0 Å². The molecular weight excluding hydrogens is 237 g/mol. The van der Waals surface area contributed by atoms with Crippen molar-refractivity contribution in [1.82, 2.24) is 9.97 Å². The Kier molecular flexibility index (Phi) is 4.58. The molecule has 1 aromatic rings. The number of rotatable bonds is 4. The van der Waals surface area contributed by atoms with Gasteiger partial charge in [-0.1, -0.05) is 25.1 Å². The maximum Gasteiger partial charge on any atom is 0.433 e. The molecule has 90 valence electrons. The van der Waals surface area contributed by atoms with Gasteiger partial charge in [0, 0.05) is 5.69 Å². The van der Waals surface area contributed by atoms with Crippen LogP contribution in [-0.2, 0) is 12.6 Å². The fraction of sp³-hybridized carbons (Fsp3) is 0.600. The highest BCUT2D eigenvalue weighted by atomic mass is 32.2. The van der Waals surface area contributed by atoms with E-state index >= 15 is 0 Å². The molecule has 0 aliphatic carbocycles. The Morgan fingerprint density at radius 3 is 2.50 bits per heavy atom. The molecule has 1 aromatic heterocycles. The highest BCUT2D eigenvalue weighted by Gasteiger charge is 2.33. The minimum atomic E-state index is -4.39. The summed E-state index contributed by atoms with van der Waals surface area (Å²) < 4.78 is 37.5. The summed E-state index contributed by atoms with van der Waals surface area (Å²) in [5, 5.41) is 0.181. The first-order valence-corrected chi connectivity index (χ1v) is 6.19. The van der Waals surface area contributed by atoms with Gasteiger partial charge in [0.2, 0.25) is 0 Å². The normalized spacial score (nSPS) is 11.8. The summed E-state index contributed by atoms with van der Waals surface area (Å²) in [6, 6.07) is 1.04. The molecule has 0 radical (unpaired) electrons. The van der Waals surface area contributed by atoms with Crippen LogP contribution in [0.25, 0.3) is 0 Å². The topological polar surface area (TPSA) is 25.8 Å². The van der Waals surface area contributed by atoms with Gasteiger partial charge in [-0.05, 0) is 25.2 Å². The summed E-state index contributed by atoms with van der Waals surface area (Å²) in [4.78, 5) is 7.51. The third kappa shape index (κ3) is 3.66. The molecule has 1 heterocycles. The van der Waals surface area contributed by atoms with Crippen molar-refractivity contribution in [3.05, 3.63) is 17.5 Å². The highest BCUT2D eigenvalue weighted by molar-refractivity contribution is 7.98. The minimum Gasteiger partial charge on any atom is -0.228 e. The van der Waals surface area contributed by atoms with Gasteiger partial charge in [0.05, 0.1) is 0 Å². The van der Waals surface area contributed by atoms with Crippen LogP contribution in [-0.4, -0.2) is 16.2 Å².